The molecule has 0 amide bonds. The maximum atomic E-state index is 10.7. The van der Waals surface area contributed by atoms with Gasteiger partial charge in [-0.15, -0.1) is 0 Å². The second-order valence-electron chi connectivity index (χ2n) is 5.84. The summed E-state index contributed by atoms with van der Waals surface area (Å²) in [5, 5.41) is 11.2. The molecule has 0 bridgehead atoms. The molecule has 0 spiro atoms. The Morgan fingerprint density at radius 1 is 1.37 bits per heavy atom. The van der Waals surface area contributed by atoms with Gasteiger partial charge >= 0.3 is 0 Å². The van der Waals surface area contributed by atoms with Gasteiger partial charge in [0, 0.05) is 25.1 Å². The fraction of sp³-hybridized carbons (Fsp3) is 0.714. The van der Waals surface area contributed by atoms with Crippen molar-refractivity contribution in [2.75, 3.05) is 18.0 Å². The van der Waals surface area contributed by atoms with Crippen LogP contribution in [0, 0.1) is 12.8 Å². The molecular formula is C14H20ClN3O. The minimum atomic E-state index is -0.444. The second-order valence-corrected chi connectivity index (χ2v) is 6.23. The average molecular weight is 282 g/mol. The molecule has 4 nitrogen and oxygen atoms in total. The van der Waals surface area contributed by atoms with Gasteiger partial charge in [0.2, 0.25) is 0 Å². The van der Waals surface area contributed by atoms with Crippen LogP contribution in [0.4, 0.5) is 5.82 Å². The molecule has 1 saturated carbocycles. The molecular weight excluding hydrogens is 262 g/mol. The van der Waals surface area contributed by atoms with E-state index in [0.29, 0.717) is 16.9 Å². The minimum Gasteiger partial charge on any atom is -0.389 e. The van der Waals surface area contributed by atoms with Gasteiger partial charge in [0.1, 0.15) is 16.8 Å². The van der Waals surface area contributed by atoms with E-state index in [1.165, 1.54) is 6.42 Å². The molecule has 1 N–H and O–H groups in total. The monoisotopic (exact) mass is 281 g/mol. The van der Waals surface area contributed by atoms with E-state index >= 15 is 0 Å². The topological polar surface area (TPSA) is 49.2 Å². The highest BCUT2D eigenvalue weighted by Gasteiger charge is 2.43. The van der Waals surface area contributed by atoms with E-state index in [0.717, 1.165) is 44.6 Å². The number of piperidine rings is 1. The van der Waals surface area contributed by atoms with Crippen molar-refractivity contribution in [1.82, 2.24) is 9.97 Å². The summed E-state index contributed by atoms with van der Waals surface area (Å²) in [6.07, 6.45) is 5.29. The third-order valence-electron chi connectivity index (χ3n) is 4.54. The summed E-state index contributed by atoms with van der Waals surface area (Å²) < 4.78 is 0. The van der Waals surface area contributed by atoms with Crippen LogP contribution in [0.25, 0.3) is 0 Å². The molecule has 3 rings (SSSR count). The zero-order chi connectivity index (χ0) is 13.5. The predicted molar refractivity (Wildman–Crippen MR) is 75.5 cm³/mol. The highest BCUT2D eigenvalue weighted by molar-refractivity contribution is 6.29. The Hall–Kier alpha value is -0.870. The molecule has 1 saturated heterocycles. The maximum Gasteiger partial charge on any atom is 0.134 e. The summed E-state index contributed by atoms with van der Waals surface area (Å²) in [5.41, 5.74) is -0.444. The summed E-state index contributed by atoms with van der Waals surface area (Å²) in [6.45, 7) is 3.58. The third-order valence-corrected chi connectivity index (χ3v) is 4.74. The normalized spacial score (nSPS) is 31.1. The number of aryl methyl sites for hydroxylation is 1. The summed E-state index contributed by atoms with van der Waals surface area (Å²) in [5.74, 6) is 1.96. The van der Waals surface area contributed by atoms with Gasteiger partial charge in [-0.3, -0.25) is 0 Å². The highest BCUT2D eigenvalue weighted by Crippen LogP contribution is 2.40. The molecule has 1 aliphatic heterocycles. The van der Waals surface area contributed by atoms with E-state index in [-0.39, 0.29) is 0 Å². The van der Waals surface area contributed by atoms with Crippen LogP contribution in [0.3, 0.4) is 0 Å². The first-order chi connectivity index (χ1) is 9.07. The number of anilines is 1. The Morgan fingerprint density at radius 2 is 2.21 bits per heavy atom. The van der Waals surface area contributed by atoms with Gasteiger partial charge in [0.25, 0.3) is 0 Å². The second kappa shape index (κ2) is 4.91. The molecule has 2 unspecified atom stereocenters. The predicted octanol–water partition coefficient (Wildman–Crippen LogP) is 2.57. The van der Waals surface area contributed by atoms with Crippen LogP contribution in [0.15, 0.2) is 6.07 Å². The van der Waals surface area contributed by atoms with Gasteiger partial charge in [-0.2, -0.15) is 0 Å². The van der Waals surface area contributed by atoms with Crippen molar-refractivity contribution < 1.29 is 5.11 Å². The van der Waals surface area contributed by atoms with Gasteiger partial charge in [-0.1, -0.05) is 24.4 Å². The fourth-order valence-corrected chi connectivity index (χ4v) is 3.68. The van der Waals surface area contributed by atoms with Crippen molar-refractivity contribution in [3.05, 3.63) is 17.0 Å². The first-order valence-electron chi connectivity index (χ1n) is 7.05. The Bertz CT molecular complexity index is 462. The molecule has 0 radical (unpaired) electrons. The minimum absolute atomic E-state index is 0.365. The van der Waals surface area contributed by atoms with Gasteiger partial charge in [-0.05, 0) is 26.2 Å². The third kappa shape index (κ3) is 2.56. The van der Waals surface area contributed by atoms with Gasteiger partial charge in [0.15, 0.2) is 0 Å². The van der Waals surface area contributed by atoms with Crippen LogP contribution < -0.4 is 4.90 Å². The molecule has 2 fully saturated rings. The van der Waals surface area contributed by atoms with E-state index in [1.807, 2.05) is 13.0 Å². The van der Waals surface area contributed by atoms with E-state index in [2.05, 4.69) is 14.9 Å². The van der Waals surface area contributed by atoms with Crippen LogP contribution in [-0.2, 0) is 0 Å². The zero-order valence-electron chi connectivity index (χ0n) is 11.3. The van der Waals surface area contributed by atoms with Crippen molar-refractivity contribution >= 4 is 17.4 Å². The lowest BCUT2D eigenvalue weighted by Crippen LogP contribution is -2.53. The number of rotatable bonds is 1. The van der Waals surface area contributed by atoms with Gasteiger partial charge in [0.05, 0.1) is 5.60 Å². The number of aromatic nitrogens is 2. The van der Waals surface area contributed by atoms with Crippen molar-refractivity contribution in [3.8, 4) is 0 Å². The Balaban J connectivity index is 1.80. The molecule has 1 aromatic heterocycles. The van der Waals surface area contributed by atoms with E-state index in [1.54, 1.807) is 0 Å². The molecule has 1 aromatic rings. The van der Waals surface area contributed by atoms with Gasteiger partial charge in [-0.25, -0.2) is 9.97 Å². The van der Waals surface area contributed by atoms with Crippen LogP contribution in [-0.4, -0.2) is 33.8 Å². The van der Waals surface area contributed by atoms with Crippen LogP contribution in [0.2, 0.25) is 5.15 Å². The van der Waals surface area contributed by atoms with Crippen LogP contribution in [0.1, 0.15) is 37.9 Å². The number of hydrogen-bond acceptors (Lipinski definition) is 4. The lowest BCUT2D eigenvalue weighted by Gasteiger charge is -2.47. The number of hydrogen-bond donors (Lipinski definition) is 1. The van der Waals surface area contributed by atoms with Crippen molar-refractivity contribution in [3.63, 3.8) is 0 Å². The van der Waals surface area contributed by atoms with Gasteiger partial charge < -0.3 is 10.0 Å². The van der Waals surface area contributed by atoms with Crippen molar-refractivity contribution in [2.24, 2.45) is 5.92 Å². The fourth-order valence-electron chi connectivity index (χ4n) is 3.46. The Morgan fingerprint density at radius 3 is 3.00 bits per heavy atom. The first-order valence-corrected chi connectivity index (χ1v) is 7.43. The number of halogens is 1. The molecule has 0 aromatic carbocycles. The van der Waals surface area contributed by atoms with Crippen molar-refractivity contribution in [2.45, 2.75) is 44.6 Å². The first kappa shape index (κ1) is 13.1. The maximum absolute atomic E-state index is 10.7. The van der Waals surface area contributed by atoms with E-state index in [4.69, 9.17) is 11.6 Å². The quantitative estimate of drug-likeness (QED) is 0.804. The molecule has 19 heavy (non-hydrogen) atoms. The van der Waals surface area contributed by atoms with E-state index < -0.39 is 5.60 Å². The Labute approximate surface area is 118 Å². The largest absolute Gasteiger partial charge is 0.389 e. The lowest BCUT2D eigenvalue weighted by molar-refractivity contribution is -0.0613. The molecule has 2 atom stereocenters. The molecule has 1 aliphatic carbocycles. The van der Waals surface area contributed by atoms with Crippen LogP contribution in [0.5, 0.6) is 0 Å². The molecule has 104 valence electrons. The standard InChI is InChI=1S/C14H20ClN3O/c1-10-16-12(15)8-13(17-10)18-7-6-14(19)5-3-2-4-11(14)9-18/h8,11,19H,2-7,9H2,1H3. The Kier molecular flexibility index (Phi) is 3.39. The van der Waals surface area contributed by atoms with Crippen molar-refractivity contribution in [1.29, 1.82) is 0 Å². The summed E-state index contributed by atoms with van der Waals surface area (Å²) in [7, 11) is 0. The molecule has 2 heterocycles. The molecule has 5 heteroatoms. The SMILES string of the molecule is Cc1nc(Cl)cc(N2CCC3(O)CCCCC3C2)n1. The van der Waals surface area contributed by atoms with E-state index in [9.17, 15) is 5.11 Å². The number of fused-ring (bicyclic) bond motifs is 1. The average Bonchev–Trinajstić information content (AvgIpc) is 2.36. The highest BCUT2D eigenvalue weighted by atomic mass is 35.5. The van der Waals surface area contributed by atoms with Crippen LogP contribution >= 0.6 is 11.6 Å². The lowest BCUT2D eigenvalue weighted by atomic mass is 9.71. The number of nitrogens with zero attached hydrogens (tertiary/aromatic N) is 3. The smallest absolute Gasteiger partial charge is 0.134 e. The summed E-state index contributed by atoms with van der Waals surface area (Å²) in [4.78, 5) is 10.8. The zero-order valence-corrected chi connectivity index (χ0v) is 12.0. The number of aliphatic hydroxyl groups is 1. The molecule has 2 aliphatic rings. The summed E-state index contributed by atoms with van der Waals surface area (Å²) >= 11 is 6.01. The summed E-state index contributed by atoms with van der Waals surface area (Å²) in [6, 6.07) is 1.82.